The number of benzene rings is 2. The molecule has 5 nitrogen and oxygen atoms in total. The van der Waals surface area contributed by atoms with E-state index >= 15 is 0 Å². The maximum Gasteiger partial charge on any atom is 0.305 e. The van der Waals surface area contributed by atoms with E-state index in [1.165, 1.54) is 19.6 Å². The number of carbonyl (C=O) groups excluding carboxylic acids is 1. The highest BCUT2D eigenvalue weighted by Gasteiger charge is 2.25. The van der Waals surface area contributed by atoms with Gasteiger partial charge in [0.25, 0.3) is 0 Å². The molecule has 3 rings (SSSR count). The normalized spacial score (nSPS) is 16.8. The summed E-state index contributed by atoms with van der Waals surface area (Å²) in [5.74, 6) is 1.89. The van der Waals surface area contributed by atoms with Gasteiger partial charge >= 0.3 is 5.97 Å². The molecule has 0 aliphatic heterocycles. The second-order valence-corrected chi connectivity index (χ2v) is 8.35. The predicted molar refractivity (Wildman–Crippen MR) is 134 cm³/mol. The fourth-order valence-electron chi connectivity index (χ4n) is 3.96. The predicted octanol–water partition coefficient (Wildman–Crippen LogP) is 6.32. The molecule has 1 N–H and O–H groups in total. The van der Waals surface area contributed by atoms with E-state index in [1.807, 2.05) is 30.3 Å². The molecule has 0 unspecified atom stereocenters. The molecule has 0 heterocycles. The summed E-state index contributed by atoms with van der Waals surface area (Å²) < 4.78 is 30.2. The lowest BCUT2D eigenvalue weighted by molar-refractivity contribution is -0.140. The second-order valence-electron chi connectivity index (χ2n) is 8.35. The Morgan fingerprint density at radius 3 is 2.29 bits per heavy atom. The molecular formula is C28H41FO5. The molecule has 190 valence electrons. The van der Waals surface area contributed by atoms with Gasteiger partial charge in [-0.05, 0) is 85.4 Å². The Bertz CT molecular complexity index is 831. The van der Waals surface area contributed by atoms with Crippen LogP contribution in [0.15, 0.2) is 42.5 Å². The zero-order chi connectivity index (χ0) is 25.3. The van der Waals surface area contributed by atoms with Gasteiger partial charge in [0.15, 0.2) is 0 Å². The van der Waals surface area contributed by atoms with E-state index in [0.29, 0.717) is 31.1 Å². The number of aliphatic hydroxyl groups excluding tert-OH is 1. The summed E-state index contributed by atoms with van der Waals surface area (Å²) in [5.41, 5.74) is 1.83. The van der Waals surface area contributed by atoms with Crippen LogP contribution in [0, 0.1) is 11.7 Å². The van der Waals surface area contributed by atoms with Crippen LogP contribution in [-0.4, -0.2) is 39.0 Å². The van der Waals surface area contributed by atoms with Crippen molar-refractivity contribution in [1.82, 2.24) is 0 Å². The number of aryl methyl sites for hydroxylation is 1. The van der Waals surface area contributed by atoms with Crippen LogP contribution in [-0.2, 0) is 16.0 Å². The Hall–Kier alpha value is -2.60. The number of hydrogen-bond acceptors (Lipinski definition) is 5. The van der Waals surface area contributed by atoms with Crippen molar-refractivity contribution in [3.05, 3.63) is 59.4 Å². The quantitative estimate of drug-likeness (QED) is 0.452. The number of halogens is 1. The average Bonchev–Trinajstić information content (AvgIpc) is 2.88. The lowest BCUT2D eigenvalue weighted by atomic mass is 9.79. The molecule has 0 aromatic heterocycles. The Morgan fingerprint density at radius 2 is 1.68 bits per heavy atom. The molecule has 1 aliphatic rings. The first kappa shape index (κ1) is 29.4. The molecule has 34 heavy (non-hydrogen) atoms. The third-order valence-corrected chi connectivity index (χ3v) is 5.72. The van der Waals surface area contributed by atoms with Gasteiger partial charge in [0.05, 0.1) is 20.8 Å². The zero-order valence-corrected chi connectivity index (χ0v) is 21.3. The van der Waals surface area contributed by atoms with Crippen LogP contribution in [0.25, 0.3) is 0 Å². The Kier molecular flexibility index (Phi) is 14.7. The Labute approximate surface area is 204 Å². The number of ether oxygens (including phenoxy) is 3. The minimum Gasteiger partial charge on any atom is -0.497 e. The molecule has 0 amide bonds. The molecule has 1 saturated carbocycles. The largest absolute Gasteiger partial charge is 0.497 e. The van der Waals surface area contributed by atoms with E-state index in [1.54, 1.807) is 13.2 Å². The van der Waals surface area contributed by atoms with E-state index < -0.39 is 0 Å². The Balaban J connectivity index is 0.00000107. The van der Waals surface area contributed by atoms with Crippen molar-refractivity contribution in [2.45, 2.75) is 64.7 Å². The van der Waals surface area contributed by atoms with Crippen molar-refractivity contribution >= 4 is 5.97 Å². The summed E-state index contributed by atoms with van der Waals surface area (Å²) in [4.78, 5) is 11.3. The minimum absolute atomic E-state index is 0.144. The molecule has 2 aromatic carbocycles. The highest BCUT2D eigenvalue weighted by atomic mass is 19.1. The summed E-state index contributed by atoms with van der Waals surface area (Å²) in [6, 6.07) is 12.9. The molecular weight excluding hydrogens is 435 g/mol. The Morgan fingerprint density at radius 1 is 1.00 bits per heavy atom. The van der Waals surface area contributed by atoms with Gasteiger partial charge in [0.2, 0.25) is 0 Å². The number of methoxy groups -OCH3 is 2. The SMILES string of the molecule is CCC.CO.COC(=O)CCc1cccc(OCC2CCC(c3cc(OC)ccc3F)CC2)c1. The summed E-state index contributed by atoms with van der Waals surface area (Å²) in [6.45, 7) is 4.91. The lowest BCUT2D eigenvalue weighted by Gasteiger charge is -2.29. The highest BCUT2D eigenvalue weighted by Crippen LogP contribution is 2.38. The van der Waals surface area contributed by atoms with Gasteiger partial charge in [-0.25, -0.2) is 4.39 Å². The monoisotopic (exact) mass is 476 g/mol. The molecule has 0 bridgehead atoms. The minimum atomic E-state index is -0.208. The zero-order valence-electron chi connectivity index (χ0n) is 21.3. The van der Waals surface area contributed by atoms with Crippen LogP contribution in [0.4, 0.5) is 4.39 Å². The first-order chi connectivity index (χ1) is 16.5. The summed E-state index contributed by atoms with van der Waals surface area (Å²) in [6.07, 6.45) is 6.20. The van der Waals surface area contributed by atoms with E-state index in [9.17, 15) is 9.18 Å². The molecule has 0 saturated heterocycles. The molecule has 0 atom stereocenters. The van der Waals surface area contributed by atoms with Crippen LogP contribution >= 0.6 is 0 Å². The second kappa shape index (κ2) is 16.9. The molecule has 0 radical (unpaired) electrons. The van der Waals surface area contributed by atoms with Gasteiger partial charge in [-0.3, -0.25) is 4.79 Å². The molecule has 1 aliphatic carbocycles. The number of carbonyl (C=O) groups is 1. The van der Waals surface area contributed by atoms with Crippen molar-refractivity contribution < 1.29 is 28.5 Å². The lowest BCUT2D eigenvalue weighted by Crippen LogP contribution is -2.20. The van der Waals surface area contributed by atoms with E-state index in [4.69, 9.17) is 14.6 Å². The van der Waals surface area contributed by atoms with E-state index in [-0.39, 0.29) is 17.7 Å². The summed E-state index contributed by atoms with van der Waals surface area (Å²) in [7, 11) is 4.01. The van der Waals surface area contributed by atoms with E-state index in [0.717, 1.165) is 49.7 Å². The fourth-order valence-corrected chi connectivity index (χ4v) is 3.96. The number of esters is 1. The number of aliphatic hydroxyl groups is 1. The summed E-state index contributed by atoms with van der Waals surface area (Å²) in [5, 5.41) is 7.00. The summed E-state index contributed by atoms with van der Waals surface area (Å²) >= 11 is 0. The first-order valence-corrected chi connectivity index (χ1v) is 12.1. The third kappa shape index (κ3) is 10.1. The fraction of sp³-hybridized carbons (Fsp3) is 0.536. The molecule has 2 aromatic rings. The van der Waals surface area contributed by atoms with Crippen LogP contribution in [0.1, 0.15) is 69.4 Å². The van der Waals surface area contributed by atoms with Gasteiger partial charge < -0.3 is 19.3 Å². The van der Waals surface area contributed by atoms with Crippen LogP contribution < -0.4 is 9.47 Å². The number of hydrogen-bond donors (Lipinski definition) is 1. The van der Waals surface area contributed by atoms with Crippen molar-refractivity contribution in [2.75, 3.05) is 27.9 Å². The van der Waals surface area contributed by atoms with Crippen molar-refractivity contribution in [3.63, 3.8) is 0 Å². The van der Waals surface area contributed by atoms with Gasteiger partial charge in [0.1, 0.15) is 17.3 Å². The highest BCUT2D eigenvalue weighted by molar-refractivity contribution is 5.69. The van der Waals surface area contributed by atoms with Crippen molar-refractivity contribution in [1.29, 1.82) is 0 Å². The number of rotatable bonds is 8. The first-order valence-electron chi connectivity index (χ1n) is 12.1. The third-order valence-electron chi connectivity index (χ3n) is 5.72. The average molecular weight is 477 g/mol. The smallest absolute Gasteiger partial charge is 0.305 e. The maximum atomic E-state index is 14.2. The van der Waals surface area contributed by atoms with Gasteiger partial charge in [0, 0.05) is 13.5 Å². The molecule has 6 heteroatoms. The van der Waals surface area contributed by atoms with E-state index in [2.05, 4.69) is 18.6 Å². The van der Waals surface area contributed by atoms with Gasteiger partial charge in [-0.15, -0.1) is 0 Å². The topological polar surface area (TPSA) is 65.0 Å². The molecule has 0 spiro atoms. The van der Waals surface area contributed by atoms with Crippen LogP contribution in [0.2, 0.25) is 0 Å². The van der Waals surface area contributed by atoms with Crippen molar-refractivity contribution in [3.8, 4) is 11.5 Å². The molecule has 1 fully saturated rings. The maximum absolute atomic E-state index is 14.2. The van der Waals surface area contributed by atoms with Gasteiger partial charge in [-0.2, -0.15) is 0 Å². The van der Waals surface area contributed by atoms with Crippen LogP contribution in [0.5, 0.6) is 11.5 Å². The van der Waals surface area contributed by atoms with Crippen LogP contribution in [0.3, 0.4) is 0 Å². The van der Waals surface area contributed by atoms with Crippen molar-refractivity contribution in [2.24, 2.45) is 5.92 Å². The standard InChI is InChI=1S/C24H29FO4.C3H8.CH4O/c1-27-20-11-12-23(25)22(15-20)19-9-6-18(7-10-19)16-29-21-5-3-4-17(14-21)8-13-24(26)28-2;1-3-2;1-2/h3-5,11-12,14-15,18-19H,6-10,13,16H2,1-2H3;3H2,1-2H3;2H,1H3. The van der Waals surface area contributed by atoms with Gasteiger partial charge in [-0.1, -0.05) is 32.4 Å².